The van der Waals surface area contributed by atoms with E-state index in [1.54, 1.807) is 5.32 Å². The lowest BCUT2D eigenvalue weighted by Crippen LogP contribution is -2.14. The summed E-state index contributed by atoms with van der Waals surface area (Å²) in [7, 11) is 0. The highest BCUT2D eigenvalue weighted by atomic mass is 19.4. The van der Waals surface area contributed by atoms with E-state index in [1.165, 1.54) is 0 Å². The lowest BCUT2D eigenvalue weighted by atomic mass is 10.1. The van der Waals surface area contributed by atoms with E-state index in [-0.39, 0.29) is 6.07 Å². The fourth-order valence-electron chi connectivity index (χ4n) is 1.36. The Hall–Kier alpha value is -2.52. The van der Waals surface area contributed by atoms with Crippen LogP contribution in [0, 0.1) is 0 Å². The second kappa shape index (κ2) is 6.08. The Morgan fingerprint density at radius 3 is 1.73 bits per heavy atom. The number of benzene rings is 1. The molecule has 0 saturated carbocycles. The van der Waals surface area contributed by atoms with Crippen molar-refractivity contribution in [2.24, 2.45) is 0 Å². The van der Waals surface area contributed by atoms with Crippen LogP contribution in [0.5, 0.6) is 0 Å². The SMILES string of the molecule is O=C(O)/C=C\C(=O)Nc1cc(C(F)(F)F)cc(C(F)(F)F)c1. The Balaban J connectivity index is 3.19. The number of alkyl halides is 6. The number of halogens is 6. The van der Waals surface area contributed by atoms with E-state index in [1.807, 2.05) is 0 Å². The van der Waals surface area contributed by atoms with Crippen LogP contribution in [0.4, 0.5) is 32.0 Å². The molecule has 1 aromatic carbocycles. The molecule has 0 aromatic heterocycles. The van der Waals surface area contributed by atoms with E-state index in [0.717, 1.165) is 0 Å². The molecular weight excluding hydrogens is 320 g/mol. The zero-order chi connectivity index (χ0) is 17.1. The number of anilines is 1. The minimum absolute atomic E-state index is 0.0945. The van der Waals surface area contributed by atoms with E-state index >= 15 is 0 Å². The highest BCUT2D eigenvalue weighted by molar-refractivity contribution is 6.02. The van der Waals surface area contributed by atoms with Crippen molar-refractivity contribution in [2.75, 3.05) is 5.32 Å². The summed E-state index contributed by atoms with van der Waals surface area (Å²) in [5, 5.41) is 10.00. The van der Waals surface area contributed by atoms with Gasteiger partial charge in [-0.2, -0.15) is 26.3 Å². The van der Waals surface area contributed by atoms with E-state index in [0.29, 0.717) is 24.3 Å². The van der Waals surface area contributed by atoms with Gasteiger partial charge in [-0.3, -0.25) is 4.79 Å². The summed E-state index contributed by atoms with van der Waals surface area (Å²) < 4.78 is 75.3. The number of hydrogen-bond acceptors (Lipinski definition) is 2. The number of carboxylic acids is 1. The fourth-order valence-corrected chi connectivity index (χ4v) is 1.36. The molecule has 0 bridgehead atoms. The van der Waals surface area contributed by atoms with Gasteiger partial charge < -0.3 is 10.4 Å². The highest BCUT2D eigenvalue weighted by Gasteiger charge is 2.37. The van der Waals surface area contributed by atoms with Crippen molar-refractivity contribution in [2.45, 2.75) is 12.4 Å². The van der Waals surface area contributed by atoms with Gasteiger partial charge >= 0.3 is 18.3 Å². The monoisotopic (exact) mass is 327 g/mol. The summed E-state index contributed by atoms with van der Waals surface area (Å²) in [5.41, 5.74) is -3.96. The van der Waals surface area contributed by atoms with Gasteiger partial charge in [-0.1, -0.05) is 0 Å². The molecule has 0 saturated heterocycles. The highest BCUT2D eigenvalue weighted by Crippen LogP contribution is 2.37. The van der Waals surface area contributed by atoms with Gasteiger partial charge in [0.2, 0.25) is 5.91 Å². The van der Waals surface area contributed by atoms with Crippen LogP contribution in [-0.2, 0) is 21.9 Å². The second-order valence-electron chi connectivity index (χ2n) is 3.96. The summed E-state index contributed by atoms with van der Waals surface area (Å²) >= 11 is 0. The molecule has 0 aliphatic carbocycles. The lowest BCUT2D eigenvalue weighted by Gasteiger charge is -2.14. The molecule has 4 nitrogen and oxygen atoms in total. The minimum atomic E-state index is -5.04. The number of carbonyl (C=O) groups is 2. The summed E-state index contributed by atoms with van der Waals surface area (Å²) in [6.45, 7) is 0. The number of rotatable bonds is 3. The molecule has 0 atom stereocenters. The Bertz CT molecular complexity index is 586. The number of amides is 1. The molecule has 0 aliphatic heterocycles. The van der Waals surface area contributed by atoms with E-state index in [4.69, 9.17) is 5.11 Å². The van der Waals surface area contributed by atoms with Crippen molar-refractivity contribution in [1.82, 2.24) is 0 Å². The zero-order valence-electron chi connectivity index (χ0n) is 10.4. The molecule has 0 aliphatic rings. The average molecular weight is 327 g/mol. The zero-order valence-corrected chi connectivity index (χ0v) is 10.4. The molecule has 0 radical (unpaired) electrons. The van der Waals surface area contributed by atoms with Gasteiger partial charge in [-0.05, 0) is 18.2 Å². The number of aliphatic carboxylic acids is 1. The van der Waals surface area contributed by atoms with Gasteiger partial charge in [0.05, 0.1) is 11.1 Å². The van der Waals surface area contributed by atoms with Crippen LogP contribution < -0.4 is 5.32 Å². The first kappa shape index (κ1) is 17.5. The fraction of sp³-hybridized carbons (Fsp3) is 0.167. The molecule has 2 N–H and O–H groups in total. The Morgan fingerprint density at radius 1 is 0.909 bits per heavy atom. The van der Waals surface area contributed by atoms with Crippen LogP contribution >= 0.6 is 0 Å². The standard InChI is InChI=1S/C12H7F6NO3/c13-11(14,15)6-3-7(12(16,17)18)5-8(4-6)19-9(20)1-2-10(21)22/h1-5H,(H,19,20)(H,21,22)/b2-1-. The average Bonchev–Trinajstić information content (AvgIpc) is 2.34. The Labute approximate surface area is 119 Å². The Morgan fingerprint density at radius 2 is 1.36 bits per heavy atom. The molecule has 1 aromatic rings. The summed E-state index contributed by atoms with van der Waals surface area (Å²) in [6, 6.07) is 0.520. The van der Waals surface area contributed by atoms with Crippen LogP contribution in [0.25, 0.3) is 0 Å². The van der Waals surface area contributed by atoms with Crippen LogP contribution in [0.2, 0.25) is 0 Å². The molecule has 10 heteroatoms. The van der Waals surface area contributed by atoms with Crippen LogP contribution in [0.15, 0.2) is 30.4 Å². The van der Waals surface area contributed by atoms with Crippen molar-refractivity contribution in [1.29, 1.82) is 0 Å². The van der Waals surface area contributed by atoms with Gasteiger partial charge in [0.25, 0.3) is 0 Å². The minimum Gasteiger partial charge on any atom is -0.478 e. The van der Waals surface area contributed by atoms with Crippen molar-refractivity contribution in [3.05, 3.63) is 41.5 Å². The van der Waals surface area contributed by atoms with E-state index in [2.05, 4.69) is 0 Å². The molecule has 0 fully saturated rings. The first-order chi connectivity index (χ1) is 9.89. The predicted molar refractivity (Wildman–Crippen MR) is 61.9 cm³/mol. The van der Waals surface area contributed by atoms with Crippen molar-refractivity contribution < 1.29 is 41.0 Å². The van der Waals surface area contributed by atoms with Crippen LogP contribution in [-0.4, -0.2) is 17.0 Å². The number of carboxylic acid groups (broad SMARTS) is 1. The number of carbonyl (C=O) groups excluding carboxylic acids is 1. The molecule has 0 heterocycles. The molecule has 0 spiro atoms. The summed E-state index contributed by atoms with van der Waals surface area (Å²) in [6.07, 6.45) is -9.25. The third-order valence-electron chi connectivity index (χ3n) is 2.23. The van der Waals surface area contributed by atoms with Gasteiger partial charge in [0.15, 0.2) is 0 Å². The van der Waals surface area contributed by atoms with Gasteiger partial charge in [0, 0.05) is 17.8 Å². The topological polar surface area (TPSA) is 66.4 Å². The number of nitrogens with one attached hydrogen (secondary N) is 1. The molecule has 22 heavy (non-hydrogen) atoms. The molecule has 0 unspecified atom stereocenters. The van der Waals surface area contributed by atoms with Crippen LogP contribution in [0.1, 0.15) is 11.1 Å². The van der Waals surface area contributed by atoms with Crippen molar-refractivity contribution in [3.63, 3.8) is 0 Å². The predicted octanol–water partition coefficient (Wildman–Crippen LogP) is 3.30. The lowest BCUT2D eigenvalue weighted by molar-refractivity contribution is -0.143. The van der Waals surface area contributed by atoms with Gasteiger partial charge in [-0.15, -0.1) is 0 Å². The summed E-state index contributed by atoms with van der Waals surface area (Å²) in [4.78, 5) is 21.4. The Kier molecular flexibility index (Phi) is 4.84. The van der Waals surface area contributed by atoms with Gasteiger partial charge in [-0.25, -0.2) is 4.79 Å². The third-order valence-corrected chi connectivity index (χ3v) is 2.23. The molecule has 120 valence electrons. The van der Waals surface area contributed by atoms with E-state index in [9.17, 15) is 35.9 Å². The number of hydrogen-bond donors (Lipinski definition) is 2. The van der Waals surface area contributed by atoms with Crippen molar-refractivity contribution in [3.8, 4) is 0 Å². The first-order valence-electron chi connectivity index (χ1n) is 5.41. The summed E-state index contributed by atoms with van der Waals surface area (Å²) in [5.74, 6) is -2.69. The normalized spacial score (nSPS) is 12.5. The molecular formula is C12H7F6NO3. The van der Waals surface area contributed by atoms with Gasteiger partial charge in [0.1, 0.15) is 0 Å². The maximum absolute atomic E-state index is 12.6. The maximum Gasteiger partial charge on any atom is 0.416 e. The van der Waals surface area contributed by atoms with Crippen LogP contribution in [0.3, 0.4) is 0 Å². The largest absolute Gasteiger partial charge is 0.478 e. The van der Waals surface area contributed by atoms with E-state index < -0.39 is 41.0 Å². The third kappa shape index (κ3) is 5.11. The first-order valence-corrected chi connectivity index (χ1v) is 5.41. The molecule has 1 rings (SSSR count). The van der Waals surface area contributed by atoms with Crippen molar-refractivity contribution >= 4 is 17.6 Å². The molecule has 1 amide bonds. The maximum atomic E-state index is 12.6. The quantitative estimate of drug-likeness (QED) is 0.661. The second-order valence-corrected chi connectivity index (χ2v) is 3.96. The smallest absolute Gasteiger partial charge is 0.416 e.